The van der Waals surface area contributed by atoms with E-state index in [1.807, 2.05) is 6.92 Å². The van der Waals surface area contributed by atoms with Crippen LogP contribution in [-0.4, -0.2) is 47.5 Å². The van der Waals surface area contributed by atoms with Crippen LogP contribution in [0.15, 0.2) is 0 Å². The highest BCUT2D eigenvalue weighted by atomic mass is 79.9. The van der Waals surface area contributed by atoms with E-state index in [1.54, 1.807) is 8.61 Å². The van der Waals surface area contributed by atoms with Crippen molar-refractivity contribution in [2.45, 2.75) is 51.1 Å². The predicted molar refractivity (Wildman–Crippen MR) is 72.5 cm³/mol. The van der Waals surface area contributed by atoms with Gasteiger partial charge in [-0.05, 0) is 32.6 Å². The molecule has 17 heavy (non-hydrogen) atoms. The van der Waals surface area contributed by atoms with Gasteiger partial charge in [0.1, 0.15) is 0 Å². The second kappa shape index (κ2) is 5.55. The van der Waals surface area contributed by atoms with E-state index in [9.17, 15) is 8.42 Å². The van der Waals surface area contributed by atoms with Crippen molar-refractivity contribution >= 4 is 26.1 Å². The van der Waals surface area contributed by atoms with Crippen LogP contribution in [0.1, 0.15) is 39.0 Å². The highest BCUT2D eigenvalue weighted by molar-refractivity contribution is 9.09. The highest BCUT2D eigenvalue weighted by Gasteiger charge is 2.41. The molecule has 1 atom stereocenters. The van der Waals surface area contributed by atoms with E-state index in [-0.39, 0.29) is 12.1 Å². The first-order valence-corrected chi connectivity index (χ1v) is 8.94. The molecule has 2 fully saturated rings. The Morgan fingerprint density at radius 3 is 2.53 bits per heavy atom. The Hall–Kier alpha value is 0.350. The van der Waals surface area contributed by atoms with Gasteiger partial charge < -0.3 is 0 Å². The fraction of sp³-hybridized carbons (Fsp3) is 1.00. The fourth-order valence-corrected chi connectivity index (χ4v) is 5.20. The largest absolute Gasteiger partial charge is 0.282 e. The molecule has 6 heteroatoms. The number of halogens is 1. The van der Waals surface area contributed by atoms with Crippen molar-refractivity contribution in [3.8, 4) is 0 Å². The molecule has 1 unspecified atom stereocenters. The number of hydrogen-bond donors (Lipinski definition) is 0. The van der Waals surface area contributed by atoms with Crippen LogP contribution in [0.3, 0.4) is 0 Å². The van der Waals surface area contributed by atoms with Gasteiger partial charge in [-0.25, -0.2) is 0 Å². The molecule has 0 spiro atoms. The van der Waals surface area contributed by atoms with Crippen LogP contribution in [0.5, 0.6) is 0 Å². The molecule has 0 radical (unpaired) electrons. The molecule has 0 amide bonds. The Labute approximate surface area is 113 Å². The molecule has 100 valence electrons. The molecular weight excluding hydrogens is 304 g/mol. The van der Waals surface area contributed by atoms with Crippen LogP contribution in [0.2, 0.25) is 0 Å². The smallest absolute Gasteiger partial charge is 0.195 e. The van der Waals surface area contributed by atoms with E-state index in [4.69, 9.17) is 0 Å². The van der Waals surface area contributed by atoms with E-state index < -0.39 is 10.2 Å². The van der Waals surface area contributed by atoms with Gasteiger partial charge in [-0.3, -0.25) is 0 Å². The van der Waals surface area contributed by atoms with Gasteiger partial charge >= 0.3 is 0 Å². The number of rotatable bonds is 5. The minimum atomic E-state index is -3.24. The third kappa shape index (κ3) is 3.03. The Kier molecular flexibility index (Phi) is 4.50. The molecule has 0 aromatic heterocycles. The normalized spacial score (nSPS) is 27.6. The summed E-state index contributed by atoms with van der Waals surface area (Å²) in [4.78, 5) is 0. The van der Waals surface area contributed by atoms with Crippen molar-refractivity contribution in [1.29, 1.82) is 0 Å². The SMILES string of the molecule is CC1CCCCN1S(=O)(=O)N(CCBr)C1CC1. The Bertz CT molecular complexity index is 346. The van der Waals surface area contributed by atoms with Gasteiger partial charge in [-0.2, -0.15) is 17.0 Å². The van der Waals surface area contributed by atoms with Crippen LogP contribution in [-0.2, 0) is 10.2 Å². The summed E-state index contributed by atoms with van der Waals surface area (Å²) in [5.74, 6) is 0. The zero-order chi connectivity index (χ0) is 12.5. The van der Waals surface area contributed by atoms with Crippen molar-refractivity contribution < 1.29 is 8.42 Å². The maximum absolute atomic E-state index is 12.6. The second-order valence-corrected chi connectivity index (χ2v) is 7.62. The summed E-state index contributed by atoms with van der Waals surface area (Å²) in [7, 11) is -3.24. The minimum Gasteiger partial charge on any atom is -0.195 e. The number of hydrogen-bond acceptors (Lipinski definition) is 2. The average Bonchev–Trinajstić information content (AvgIpc) is 3.10. The zero-order valence-electron chi connectivity index (χ0n) is 10.3. The molecule has 1 saturated heterocycles. The molecule has 0 aromatic carbocycles. The van der Waals surface area contributed by atoms with Gasteiger partial charge in [0.2, 0.25) is 0 Å². The third-order valence-electron chi connectivity index (χ3n) is 3.59. The van der Waals surface area contributed by atoms with Gasteiger partial charge in [0, 0.05) is 30.5 Å². The first-order valence-electron chi connectivity index (χ1n) is 6.42. The average molecular weight is 325 g/mol. The summed E-state index contributed by atoms with van der Waals surface area (Å²) in [6.45, 7) is 3.31. The maximum atomic E-state index is 12.6. The quantitative estimate of drug-likeness (QED) is 0.725. The summed E-state index contributed by atoms with van der Waals surface area (Å²) in [5, 5.41) is 0.713. The Morgan fingerprint density at radius 1 is 1.29 bits per heavy atom. The molecule has 0 N–H and O–H groups in total. The van der Waals surface area contributed by atoms with Crippen molar-refractivity contribution in [3.63, 3.8) is 0 Å². The molecule has 2 aliphatic rings. The Balaban J connectivity index is 2.14. The van der Waals surface area contributed by atoms with Crippen LogP contribution < -0.4 is 0 Å². The van der Waals surface area contributed by atoms with Crippen molar-refractivity contribution in [2.75, 3.05) is 18.4 Å². The topological polar surface area (TPSA) is 40.6 Å². The Morgan fingerprint density at radius 2 is 2.00 bits per heavy atom. The first kappa shape index (κ1) is 13.8. The van der Waals surface area contributed by atoms with Crippen molar-refractivity contribution in [3.05, 3.63) is 0 Å². The van der Waals surface area contributed by atoms with Gasteiger partial charge in [-0.1, -0.05) is 22.4 Å². The molecule has 1 saturated carbocycles. The number of piperidine rings is 1. The molecule has 0 bridgehead atoms. The van der Waals surface area contributed by atoms with Gasteiger partial charge in [-0.15, -0.1) is 0 Å². The summed E-state index contributed by atoms with van der Waals surface area (Å²) >= 11 is 3.35. The van der Waals surface area contributed by atoms with Gasteiger partial charge in [0.25, 0.3) is 10.2 Å². The van der Waals surface area contributed by atoms with Gasteiger partial charge in [0.05, 0.1) is 0 Å². The summed E-state index contributed by atoms with van der Waals surface area (Å²) in [6, 6.07) is 0.414. The standard InChI is InChI=1S/C11H21BrN2O2S/c1-10-4-2-3-8-13(10)17(15,16)14(9-7-12)11-5-6-11/h10-11H,2-9H2,1H3. The fourth-order valence-electron chi connectivity index (χ4n) is 2.48. The van der Waals surface area contributed by atoms with E-state index >= 15 is 0 Å². The first-order chi connectivity index (χ1) is 8.07. The molecule has 1 heterocycles. The minimum absolute atomic E-state index is 0.158. The number of nitrogens with zero attached hydrogens (tertiary/aromatic N) is 2. The van der Waals surface area contributed by atoms with Crippen LogP contribution in [0, 0.1) is 0 Å². The monoisotopic (exact) mass is 324 g/mol. The molecular formula is C11H21BrN2O2S. The van der Waals surface area contributed by atoms with E-state index in [0.29, 0.717) is 18.4 Å². The summed E-state index contributed by atoms with van der Waals surface area (Å²) in [5.41, 5.74) is 0. The van der Waals surface area contributed by atoms with E-state index in [1.165, 1.54) is 0 Å². The number of alkyl halides is 1. The zero-order valence-corrected chi connectivity index (χ0v) is 12.7. The lowest BCUT2D eigenvalue weighted by atomic mass is 10.1. The lowest BCUT2D eigenvalue weighted by Crippen LogP contribution is -2.50. The van der Waals surface area contributed by atoms with E-state index in [2.05, 4.69) is 15.9 Å². The van der Waals surface area contributed by atoms with Crippen molar-refractivity contribution in [1.82, 2.24) is 8.61 Å². The van der Waals surface area contributed by atoms with Crippen LogP contribution in [0.4, 0.5) is 0 Å². The second-order valence-electron chi connectivity index (χ2n) is 4.99. The highest BCUT2D eigenvalue weighted by Crippen LogP contribution is 2.32. The molecule has 2 rings (SSSR count). The molecule has 1 aliphatic heterocycles. The van der Waals surface area contributed by atoms with Gasteiger partial charge in [0.15, 0.2) is 0 Å². The molecule has 0 aromatic rings. The van der Waals surface area contributed by atoms with Crippen molar-refractivity contribution in [2.24, 2.45) is 0 Å². The molecule has 4 nitrogen and oxygen atoms in total. The third-order valence-corrected chi connectivity index (χ3v) is 6.16. The maximum Gasteiger partial charge on any atom is 0.282 e. The predicted octanol–water partition coefficient (Wildman–Crippen LogP) is 1.96. The van der Waals surface area contributed by atoms with Crippen LogP contribution >= 0.6 is 15.9 Å². The van der Waals surface area contributed by atoms with E-state index in [0.717, 1.165) is 32.1 Å². The lowest BCUT2D eigenvalue weighted by molar-refractivity contribution is 0.244. The lowest BCUT2D eigenvalue weighted by Gasteiger charge is -2.36. The molecule has 1 aliphatic carbocycles. The summed E-state index contributed by atoms with van der Waals surface area (Å²) in [6.07, 6.45) is 5.18. The summed E-state index contributed by atoms with van der Waals surface area (Å²) < 4.78 is 28.6. The van der Waals surface area contributed by atoms with Crippen LogP contribution in [0.25, 0.3) is 0 Å².